The topological polar surface area (TPSA) is 20.3 Å². The van der Waals surface area contributed by atoms with Crippen LogP contribution >= 0.6 is 0 Å². The standard InChI is InChI=1S/C30H43NO/c1-6-7-8-9-10-11-24-12-14-25(15-13-24)30(32)23(3)26-17-19-29(22(2)20-26)27-16-18-28(21-27)31(4)5/h12-15,17,19-20,23,27-28H,6-11,16,18,21H2,1-5H3. The number of aryl methyl sites for hydroxylation is 2. The van der Waals surface area contributed by atoms with Crippen LogP contribution in [0, 0.1) is 6.92 Å². The highest BCUT2D eigenvalue weighted by Crippen LogP contribution is 2.38. The highest BCUT2D eigenvalue weighted by atomic mass is 16.1. The Bertz CT molecular complexity index is 867. The van der Waals surface area contributed by atoms with Crippen LogP contribution in [0.25, 0.3) is 0 Å². The molecule has 0 amide bonds. The van der Waals surface area contributed by atoms with Gasteiger partial charge in [-0.05, 0) is 81.3 Å². The number of Topliss-reactive ketones (excluding diaryl/α,β-unsaturated/α-hetero) is 1. The number of nitrogens with zero attached hydrogens (tertiary/aromatic N) is 1. The van der Waals surface area contributed by atoms with Crippen molar-refractivity contribution in [1.29, 1.82) is 0 Å². The molecule has 0 bridgehead atoms. The molecule has 0 spiro atoms. The first kappa shape index (κ1) is 24.7. The van der Waals surface area contributed by atoms with Gasteiger partial charge in [0.15, 0.2) is 5.78 Å². The average Bonchev–Trinajstić information content (AvgIpc) is 3.29. The Hall–Kier alpha value is -1.93. The molecule has 3 atom stereocenters. The maximum atomic E-state index is 13.2. The molecule has 2 aromatic carbocycles. The van der Waals surface area contributed by atoms with E-state index in [9.17, 15) is 4.79 Å². The predicted octanol–water partition coefficient (Wildman–Crippen LogP) is 7.69. The summed E-state index contributed by atoms with van der Waals surface area (Å²) >= 11 is 0. The lowest BCUT2D eigenvalue weighted by Crippen LogP contribution is -2.24. The monoisotopic (exact) mass is 433 g/mol. The zero-order valence-corrected chi connectivity index (χ0v) is 21.0. The molecule has 2 aromatic rings. The molecule has 0 saturated heterocycles. The van der Waals surface area contributed by atoms with E-state index in [0.29, 0.717) is 12.0 Å². The fourth-order valence-electron chi connectivity index (χ4n) is 5.31. The summed E-state index contributed by atoms with van der Waals surface area (Å²) in [6.45, 7) is 6.52. The number of carbonyl (C=O) groups excluding carboxylic acids is 1. The summed E-state index contributed by atoms with van der Waals surface area (Å²) in [6, 6.07) is 15.8. The van der Waals surface area contributed by atoms with Gasteiger partial charge in [-0.25, -0.2) is 0 Å². The van der Waals surface area contributed by atoms with Gasteiger partial charge < -0.3 is 4.90 Å². The molecule has 0 aliphatic heterocycles. The molecule has 1 aliphatic carbocycles. The van der Waals surface area contributed by atoms with E-state index in [1.165, 1.54) is 68.1 Å². The molecular weight excluding hydrogens is 390 g/mol. The molecule has 1 aliphatic rings. The Kier molecular flexibility index (Phi) is 9.11. The Balaban J connectivity index is 1.60. The Morgan fingerprint density at radius 1 is 1.00 bits per heavy atom. The number of hydrogen-bond acceptors (Lipinski definition) is 2. The fraction of sp³-hybridized carbons (Fsp3) is 0.567. The second kappa shape index (κ2) is 11.8. The second-order valence-electron chi connectivity index (χ2n) is 10.2. The van der Waals surface area contributed by atoms with Crippen LogP contribution in [0.15, 0.2) is 42.5 Å². The minimum absolute atomic E-state index is 0.110. The largest absolute Gasteiger partial charge is 0.306 e. The van der Waals surface area contributed by atoms with E-state index in [2.05, 4.69) is 70.1 Å². The molecule has 3 rings (SSSR count). The predicted molar refractivity (Wildman–Crippen MR) is 137 cm³/mol. The summed E-state index contributed by atoms with van der Waals surface area (Å²) in [5.41, 5.74) is 6.13. The van der Waals surface area contributed by atoms with Gasteiger partial charge in [0.25, 0.3) is 0 Å². The van der Waals surface area contributed by atoms with E-state index in [0.717, 1.165) is 17.5 Å². The summed E-state index contributed by atoms with van der Waals surface area (Å²) in [5, 5.41) is 0. The molecule has 0 radical (unpaired) electrons. The van der Waals surface area contributed by atoms with E-state index in [1.54, 1.807) is 0 Å². The minimum Gasteiger partial charge on any atom is -0.306 e. The van der Waals surface area contributed by atoms with Crippen molar-refractivity contribution in [1.82, 2.24) is 4.90 Å². The minimum atomic E-state index is -0.110. The van der Waals surface area contributed by atoms with Crippen molar-refractivity contribution in [3.05, 3.63) is 70.3 Å². The van der Waals surface area contributed by atoms with Crippen molar-refractivity contribution in [3.63, 3.8) is 0 Å². The lowest BCUT2D eigenvalue weighted by Gasteiger charge is -2.20. The van der Waals surface area contributed by atoms with Crippen molar-refractivity contribution in [2.75, 3.05) is 14.1 Å². The van der Waals surface area contributed by atoms with Gasteiger partial charge in [0, 0.05) is 17.5 Å². The molecule has 1 saturated carbocycles. The van der Waals surface area contributed by atoms with E-state index >= 15 is 0 Å². The summed E-state index contributed by atoms with van der Waals surface area (Å²) in [7, 11) is 4.38. The molecule has 174 valence electrons. The summed E-state index contributed by atoms with van der Waals surface area (Å²) < 4.78 is 0. The highest BCUT2D eigenvalue weighted by molar-refractivity contribution is 6.00. The zero-order valence-electron chi connectivity index (χ0n) is 21.0. The Morgan fingerprint density at radius 2 is 1.72 bits per heavy atom. The first-order valence-electron chi connectivity index (χ1n) is 12.8. The van der Waals surface area contributed by atoms with Crippen LogP contribution in [0.1, 0.15) is 110 Å². The smallest absolute Gasteiger partial charge is 0.170 e. The van der Waals surface area contributed by atoms with Crippen LogP contribution in [-0.4, -0.2) is 30.8 Å². The number of benzene rings is 2. The van der Waals surface area contributed by atoms with Gasteiger partial charge in [0.05, 0.1) is 0 Å². The lowest BCUT2D eigenvalue weighted by atomic mass is 9.87. The van der Waals surface area contributed by atoms with Crippen molar-refractivity contribution in [2.24, 2.45) is 0 Å². The fourth-order valence-corrected chi connectivity index (χ4v) is 5.31. The molecule has 1 fully saturated rings. The van der Waals surface area contributed by atoms with Crippen molar-refractivity contribution in [2.45, 2.75) is 96.4 Å². The average molecular weight is 434 g/mol. The van der Waals surface area contributed by atoms with E-state index in [-0.39, 0.29) is 11.7 Å². The van der Waals surface area contributed by atoms with Gasteiger partial charge in [-0.1, -0.05) is 82.0 Å². The summed E-state index contributed by atoms with van der Waals surface area (Å²) in [4.78, 5) is 15.5. The van der Waals surface area contributed by atoms with Crippen LogP contribution in [0.3, 0.4) is 0 Å². The van der Waals surface area contributed by atoms with Gasteiger partial charge >= 0.3 is 0 Å². The highest BCUT2D eigenvalue weighted by Gasteiger charge is 2.28. The third-order valence-corrected chi connectivity index (χ3v) is 7.57. The maximum absolute atomic E-state index is 13.2. The van der Waals surface area contributed by atoms with E-state index in [4.69, 9.17) is 0 Å². The number of carbonyl (C=O) groups is 1. The van der Waals surface area contributed by atoms with Crippen LogP contribution in [0.5, 0.6) is 0 Å². The Morgan fingerprint density at radius 3 is 2.34 bits per heavy atom. The molecule has 0 heterocycles. The van der Waals surface area contributed by atoms with Crippen LogP contribution in [0.2, 0.25) is 0 Å². The molecule has 0 aromatic heterocycles. The number of rotatable bonds is 11. The van der Waals surface area contributed by atoms with Crippen LogP contribution < -0.4 is 0 Å². The van der Waals surface area contributed by atoms with Crippen molar-refractivity contribution >= 4 is 5.78 Å². The maximum Gasteiger partial charge on any atom is 0.170 e. The molecule has 0 N–H and O–H groups in total. The SMILES string of the molecule is CCCCCCCc1ccc(C(=O)C(C)c2ccc(C3CCC(N(C)C)C3)c(C)c2)cc1. The van der Waals surface area contributed by atoms with Crippen LogP contribution in [-0.2, 0) is 6.42 Å². The van der Waals surface area contributed by atoms with E-state index < -0.39 is 0 Å². The molecule has 32 heavy (non-hydrogen) atoms. The van der Waals surface area contributed by atoms with Gasteiger partial charge in [-0.2, -0.15) is 0 Å². The lowest BCUT2D eigenvalue weighted by molar-refractivity contribution is 0.0966. The first-order chi connectivity index (χ1) is 15.4. The molecular formula is C30H43NO. The van der Waals surface area contributed by atoms with E-state index in [1.807, 2.05) is 12.1 Å². The quantitative estimate of drug-likeness (QED) is 0.267. The van der Waals surface area contributed by atoms with Gasteiger partial charge in [-0.15, -0.1) is 0 Å². The van der Waals surface area contributed by atoms with Gasteiger partial charge in [-0.3, -0.25) is 4.79 Å². The Labute approximate surface area is 196 Å². The van der Waals surface area contributed by atoms with Crippen LogP contribution in [0.4, 0.5) is 0 Å². The molecule has 2 nitrogen and oxygen atoms in total. The normalized spacial score (nSPS) is 19.4. The van der Waals surface area contributed by atoms with Crippen molar-refractivity contribution in [3.8, 4) is 0 Å². The first-order valence-corrected chi connectivity index (χ1v) is 12.8. The van der Waals surface area contributed by atoms with Gasteiger partial charge in [0.1, 0.15) is 0 Å². The van der Waals surface area contributed by atoms with Gasteiger partial charge in [0.2, 0.25) is 0 Å². The zero-order chi connectivity index (χ0) is 23.1. The summed E-state index contributed by atoms with van der Waals surface area (Å²) in [6.07, 6.45) is 11.4. The molecule has 2 heteroatoms. The number of ketones is 1. The number of hydrogen-bond donors (Lipinski definition) is 0. The third kappa shape index (κ3) is 6.32. The summed E-state index contributed by atoms with van der Waals surface area (Å²) in [5.74, 6) is 0.762. The van der Waals surface area contributed by atoms with Crippen molar-refractivity contribution < 1.29 is 4.79 Å². The third-order valence-electron chi connectivity index (χ3n) is 7.57. The molecule has 3 unspecified atom stereocenters. The number of unbranched alkanes of at least 4 members (excludes halogenated alkanes) is 4. The second-order valence-corrected chi connectivity index (χ2v) is 10.2.